The molecule has 1 aromatic rings. The molecule has 0 saturated heterocycles. The first-order chi connectivity index (χ1) is 9.97. The summed E-state index contributed by atoms with van der Waals surface area (Å²) < 4.78 is 0. The largest absolute Gasteiger partial charge is 0.478 e. The van der Waals surface area contributed by atoms with Crippen LogP contribution in [0.4, 0.5) is 0 Å². The van der Waals surface area contributed by atoms with Gasteiger partial charge in [-0.15, -0.1) is 0 Å². The van der Waals surface area contributed by atoms with Crippen LogP contribution >= 0.6 is 0 Å². The molecule has 0 bridgehead atoms. The average Bonchev–Trinajstić information content (AvgIpc) is 2.45. The van der Waals surface area contributed by atoms with Gasteiger partial charge < -0.3 is 10.0 Å². The molecule has 21 heavy (non-hydrogen) atoms. The highest BCUT2D eigenvalue weighted by Gasteiger charge is 2.14. The van der Waals surface area contributed by atoms with Gasteiger partial charge in [-0.1, -0.05) is 6.07 Å². The topological polar surface area (TPSA) is 81.4 Å². The van der Waals surface area contributed by atoms with Crippen molar-refractivity contribution in [2.45, 2.75) is 20.3 Å². The number of rotatable bonds is 6. The number of carboxylic acid groups (broad SMARTS) is 1. The first-order valence-corrected chi connectivity index (χ1v) is 6.66. The fourth-order valence-corrected chi connectivity index (χ4v) is 1.97. The van der Waals surface area contributed by atoms with Crippen LogP contribution in [0, 0.1) is 18.3 Å². The summed E-state index contributed by atoms with van der Waals surface area (Å²) in [4.78, 5) is 24.6. The van der Waals surface area contributed by atoms with Crippen LogP contribution in [0.5, 0.6) is 0 Å². The van der Waals surface area contributed by atoms with Crippen molar-refractivity contribution in [1.82, 2.24) is 4.90 Å². The number of nitriles is 1. The predicted molar refractivity (Wildman–Crippen MR) is 79.7 cm³/mol. The molecule has 0 saturated carbocycles. The minimum Gasteiger partial charge on any atom is -0.478 e. The molecule has 0 aliphatic carbocycles. The van der Waals surface area contributed by atoms with Crippen molar-refractivity contribution in [3.8, 4) is 6.07 Å². The van der Waals surface area contributed by atoms with Crippen LogP contribution in [0.3, 0.4) is 0 Å². The Morgan fingerprint density at radius 2 is 2.10 bits per heavy atom. The van der Waals surface area contributed by atoms with Gasteiger partial charge in [0.1, 0.15) is 0 Å². The van der Waals surface area contributed by atoms with Crippen LogP contribution in [0.1, 0.15) is 34.8 Å². The Balaban J connectivity index is 3.03. The lowest BCUT2D eigenvalue weighted by Crippen LogP contribution is -2.31. The monoisotopic (exact) mass is 286 g/mol. The van der Waals surface area contributed by atoms with Crippen LogP contribution < -0.4 is 0 Å². The molecule has 1 aromatic carbocycles. The molecule has 0 atom stereocenters. The summed E-state index contributed by atoms with van der Waals surface area (Å²) in [6.07, 6.45) is 2.78. The normalized spacial score (nSPS) is 10.3. The van der Waals surface area contributed by atoms with E-state index >= 15 is 0 Å². The summed E-state index contributed by atoms with van der Waals surface area (Å²) in [6, 6.07) is 7.25. The van der Waals surface area contributed by atoms with Crippen LogP contribution in [-0.2, 0) is 4.79 Å². The second-order valence-corrected chi connectivity index (χ2v) is 4.60. The number of carbonyl (C=O) groups excluding carboxylic acids is 1. The van der Waals surface area contributed by atoms with Crippen molar-refractivity contribution < 1.29 is 14.7 Å². The second-order valence-electron chi connectivity index (χ2n) is 4.60. The minimum absolute atomic E-state index is 0.151. The van der Waals surface area contributed by atoms with Gasteiger partial charge in [0.2, 0.25) is 0 Å². The van der Waals surface area contributed by atoms with E-state index in [-0.39, 0.29) is 12.3 Å². The van der Waals surface area contributed by atoms with E-state index in [1.54, 1.807) is 17.0 Å². The Bertz CT molecular complexity index is 600. The van der Waals surface area contributed by atoms with Crippen LogP contribution in [-0.4, -0.2) is 35.0 Å². The Kier molecular flexibility index (Phi) is 6.15. The molecule has 5 heteroatoms. The molecule has 0 aliphatic heterocycles. The number of carbonyl (C=O) groups is 2. The van der Waals surface area contributed by atoms with Gasteiger partial charge in [0.25, 0.3) is 5.91 Å². The Morgan fingerprint density at radius 3 is 2.67 bits per heavy atom. The summed E-state index contributed by atoms with van der Waals surface area (Å²) in [5, 5.41) is 17.3. The maximum Gasteiger partial charge on any atom is 0.328 e. The first-order valence-electron chi connectivity index (χ1n) is 6.66. The van der Waals surface area contributed by atoms with E-state index in [1.165, 1.54) is 6.08 Å². The molecular formula is C16H18N2O3. The van der Waals surface area contributed by atoms with Crippen LogP contribution in [0.2, 0.25) is 0 Å². The number of hydrogen-bond acceptors (Lipinski definition) is 3. The molecular weight excluding hydrogens is 268 g/mol. The van der Waals surface area contributed by atoms with Crippen molar-refractivity contribution in [1.29, 1.82) is 5.26 Å². The number of benzene rings is 1. The van der Waals surface area contributed by atoms with Gasteiger partial charge in [-0.05, 0) is 43.2 Å². The van der Waals surface area contributed by atoms with Crippen LogP contribution in [0.15, 0.2) is 24.3 Å². The van der Waals surface area contributed by atoms with E-state index in [4.69, 9.17) is 10.4 Å². The highest BCUT2D eigenvalue weighted by molar-refractivity contribution is 5.95. The lowest BCUT2D eigenvalue weighted by Gasteiger charge is -2.20. The van der Waals surface area contributed by atoms with E-state index in [1.807, 2.05) is 26.0 Å². The summed E-state index contributed by atoms with van der Waals surface area (Å²) in [6.45, 7) is 4.62. The minimum atomic E-state index is -1.03. The van der Waals surface area contributed by atoms with Gasteiger partial charge in [-0.2, -0.15) is 5.26 Å². The number of aliphatic carboxylic acids is 1. The van der Waals surface area contributed by atoms with E-state index in [2.05, 4.69) is 0 Å². The summed E-state index contributed by atoms with van der Waals surface area (Å²) in [5.74, 6) is -1.19. The summed E-state index contributed by atoms with van der Waals surface area (Å²) in [7, 11) is 0. The van der Waals surface area contributed by atoms with Gasteiger partial charge in [0.05, 0.1) is 12.5 Å². The van der Waals surface area contributed by atoms with Gasteiger partial charge in [0, 0.05) is 24.7 Å². The number of carboxylic acids is 1. The molecule has 1 N–H and O–H groups in total. The highest BCUT2D eigenvalue weighted by Crippen LogP contribution is 2.14. The third-order valence-electron chi connectivity index (χ3n) is 2.93. The molecule has 5 nitrogen and oxygen atoms in total. The second kappa shape index (κ2) is 7.85. The zero-order valence-corrected chi connectivity index (χ0v) is 12.2. The van der Waals surface area contributed by atoms with Crippen molar-refractivity contribution in [2.75, 3.05) is 13.1 Å². The van der Waals surface area contributed by atoms with Gasteiger partial charge in [0.15, 0.2) is 0 Å². The molecule has 0 radical (unpaired) electrons. The molecule has 1 rings (SSSR count). The van der Waals surface area contributed by atoms with E-state index in [0.717, 1.165) is 11.6 Å². The zero-order valence-electron chi connectivity index (χ0n) is 12.2. The summed E-state index contributed by atoms with van der Waals surface area (Å²) in [5.41, 5.74) is 2.04. The standard InChI is InChI=1S/C16H18N2O3/c1-3-18(8-4-7-17)16(21)14-10-12(2)9-13(11-14)5-6-15(19)20/h5-6,9-11H,3-4,8H2,1-2H3,(H,19,20)/b6-5+. The lowest BCUT2D eigenvalue weighted by molar-refractivity contribution is -0.131. The Morgan fingerprint density at radius 1 is 1.38 bits per heavy atom. The molecule has 0 unspecified atom stereocenters. The number of hydrogen-bond donors (Lipinski definition) is 1. The predicted octanol–water partition coefficient (Wildman–Crippen LogP) is 2.47. The molecule has 1 amide bonds. The third-order valence-corrected chi connectivity index (χ3v) is 2.93. The maximum absolute atomic E-state index is 12.4. The van der Waals surface area contributed by atoms with Crippen molar-refractivity contribution >= 4 is 18.0 Å². The molecule has 0 aromatic heterocycles. The molecule has 0 aliphatic rings. The maximum atomic E-state index is 12.4. The van der Waals surface area contributed by atoms with E-state index in [9.17, 15) is 9.59 Å². The smallest absolute Gasteiger partial charge is 0.328 e. The highest BCUT2D eigenvalue weighted by atomic mass is 16.4. The van der Waals surface area contributed by atoms with Gasteiger partial charge in [-0.25, -0.2) is 4.79 Å². The van der Waals surface area contributed by atoms with Crippen molar-refractivity contribution in [3.63, 3.8) is 0 Å². The quantitative estimate of drug-likeness (QED) is 0.814. The van der Waals surface area contributed by atoms with Crippen molar-refractivity contribution in [2.24, 2.45) is 0 Å². The lowest BCUT2D eigenvalue weighted by atomic mass is 10.0. The van der Waals surface area contributed by atoms with E-state index < -0.39 is 5.97 Å². The SMILES string of the molecule is CCN(CCC#N)C(=O)c1cc(C)cc(/C=C/C(=O)O)c1. The first kappa shape index (κ1) is 16.4. The third kappa shape index (κ3) is 5.11. The number of nitrogens with zero attached hydrogens (tertiary/aromatic N) is 2. The Labute approximate surface area is 124 Å². The number of aryl methyl sites for hydroxylation is 1. The molecule has 110 valence electrons. The van der Waals surface area contributed by atoms with Gasteiger partial charge in [-0.3, -0.25) is 4.79 Å². The fourth-order valence-electron chi connectivity index (χ4n) is 1.97. The Hall–Kier alpha value is -2.61. The number of amides is 1. The molecule has 0 heterocycles. The zero-order chi connectivity index (χ0) is 15.8. The van der Waals surface area contributed by atoms with Crippen LogP contribution in [0.25, 0.3) is 6.08 Å². The average molecular weight is 286 g/mol. The van der Waals surface area contributed by atoms with Crippen molar-refractivity contribution in [3.05, 3.63) is 41.0 Å². The molecule has 0 fully saturated rings. The fraction of sp³-hybridized carbons (Fsp3) is 0.312. The summed E-state index contributed by atoms with van der Waals surface area (Å²) >= 11 is 0. The van der Waals surface area contributed by atoms with Gasteiger partial charge >= 0.3 is 5.97 Å². The van der Waals surface area contributed by atoms with E-state index in [0.29, 0.717) is 24.2 Å². The molecule has 0 spiro atoms.